The Bertz CT molecular complexity index is 718. The van der Waals surface area contributed by atoms with E-state index >= 15 is 0 Å². The molecular weight excluding hydrogens is 322 g/mol. The van der Waals surface area contributed by atoms with Gasteiger partial charge in [0.15, 0.2) is 0 Å². The van der Waals surface area contributed by atoms with E-state index in [-0.39, 0.29) is 11.9 Å². The third-order valence-electron chi connectivity index (χ3n) is 4.96. The van der Waals surface area contributed by atoms with Gasteiger partial charge in [0.2, 0.25) is 5.91 Å². The van der Waals surface area contributed by atoms with Crippen LogP contribution in [0.5, 0.6) is 0 Å². The number of hydrogen-bond donors (Lipinski definition) is 1. The summed E-state index contributed by atoms with van der Waals surface area (Å²) in [6, 6.07) is 0.151. The number of aromatic nitrogens is 3. The summed E-state index contributed by atoms with van der Waals surface area (Å²) in [5, 5.41) is 6.43. The molecule has 3 heterocycles. The van der Waals surface area contributed by atoms with Crippen molar-refractivity contribution in [2.75, 3.05) is 6.54 Å². The molecule has 0 spiro atoms. The Morgan fingerprint density at radius 3 is 3.00 bits per heavy atom. The van der Waals surface area contributed by atoms with E-state index in [0.29, 0.717) is 12.6 Å². The summed E-state index contributed by atoms with van der Waals surface area (Å²) >= 11 is 1.67. The van der Waals surface area contributed by atoms with Crippen LogP contribution in [0, 0.1) is 6.92 Å². The zero-order valence-corrected chi connectivity index (χ0v) is 14.8. The van der Waals surface area contributed by atoms with Gasteiger partial charge in [0.25, 0.3) is 0 Å². The molecule has 0 unspecified atom stereocenters. The fourth-order valence-electron chi connectivity index (χ4n) is 3.77. The Labute approximate surface area is 145 Å². The van der Waals surface area contributed by atoms with Crippen LogP contribution in [0.1, 0.15) is 48.1 Å². The lowest BCUT2D eigenvalue weighted by atomic mass is 10.1. The van der Waals surface area contributed by atoms with E-state index in [9.17, 15) is 4.79 Å². The van der Waals surface area contributed by atoms with E-state index in [1.54, 1.807) is 17.7 Å². The second-order valence-electron chi connectivity index (χ2n) is 6.83. The first kappa shape index (κ1) is 15.8. The molecule has 2 aromatic heterocycles. The topological polar surface area (TPSA) is 63.1 Å². The molecule has 2 aliphatic rings. The normalized spacial score (nSPS) is 21.8. The van der Waals surface area contributed by atoms with Gasteiger partial charge in [-0.05, 0) is 19.8 Å². The molecule has 2 aromatic rings. The summed E-state index contributed by atoms with van der Waals surface area (Å²) in [7, 11) is 0. The van der Waals surface area contributed by atoms with E-state index in [2.05, 4.69) is 25.6 Å². The highest BCUT2D eigenvalue weighted by Crippen LogP contribution is 2.24. The molecule has 4 rings (SSSR count). The summed E-state index contributed by atoms with van der Waals surface area (Å²) in [6.45, 7) is 4.32. The summed E-state index contributed by atoms with van der Waals surface area (Å²) in [5.74, 6) is 0.125. The van der Waals surface area contributed by atoms with E-state index in [1.165, 1.54) is 12.8 Å². The van der Waals surface area contributed by atoms with Crippen molar-refractivity contribution in [2.45, 2.75) is 57.8 Å². The molecule has 1 N–H and O–H groups in total. The molecule has 1 aliphatic heterocycles. The first-order chi connectivity index (χ1) is 11.7. The predicted octanol–water partition coefficient (Wildman–Crippen LogP) is 2.26. The van der Waals surface area contributed by atoms with Gasteiger partial charge in [-0.15, -0.1) is 11.3 Å². The molecule has 1 amide bonds. The molecule has 7 heteroatoms. The van der Waals surface area contributed by atoms with Crippen molar-refractivity contribution >= 4 is 17.2 Å². The number of hydrogen-bond acceptors (Lipinski definition) is 5. The van der Waals surface area contributed by atoms with Gasteiger partial charge in [0.05, 0.1) is 22.7 Å². The number of fused-ring (bicyclic) bond motifs is 1. The molecule has 0 saturated heterocycles. The zero-order chi connectivity index (χ0) is 16.5. The molecule has 0 radical (unpaired) electrons. The number of amides is 1. The number of rotatable bonds is 4. The minimum Gasteiger partial charge on any atom is -0.352 e. The fourth-order valence-corrected chi connectivity index (χ4v) is 4.37. The molecule has 0 bridgehead atoms. The molecule has 1 fully saturated rings. The number of nitrogens with one attached hydrogen (secondary N) is 1. The van der Waals surface area contributed by atoms with Crippen molar-refractivity contribution in [1.82, 2.24) is 24.8 Å². The van der Waals surface area contributed by atoms with Crippen LogP contribution < -0.4 is 5.32 Å². The number of imidazole rings is 1. The molecule has 128 valence electrons. The molecule has 1 atom stereocenters. The van der Waals surface area contributed by atoms with Crippen LogP contribution in [0.2, 0.25) is 0 Å². The number of thiazole rings is 1. The van der Waals surface area contributed by atoms with Crippen molar-refractivity contribution in [3.05, 3.63) is 34.3 Å². The van der Waals surface area contributed by atoms with Crippen molar-refractivity contribution in [1.29, 1.82) is 0 Å². The van der Waals surface area contributed by atoms with Crippen molar-refractivity contribution in [3.63, 3.8) is 0 Å². The van der Waals surface area contributed by atoms with Gasteiger partial charge in [0, 0.05) is 37.3 Å². The smallest absolute Gasteiger partial charge is 0.244 e. The lowest BCUT2D eigenvalue weighted by Gasteiger charge is -2.33. The minimum atomic E-state index is -0.198. The average Bonchev–Trinajstić information content (AvgIpc) is 3.28. The maximum Gasteiger partial charge on any atom is 0.244 e. The standard InChI is InChI=1S/C17H23N5OS/c1-12-19-14(10-24-12)7-21-8-15-6-18-11-22(15)16(9-21)17(23)20-13-4-2-3-5-13/h6,10-11,13,16H,2-5,7-9H2,1H3,(H,20,23)/t16-/m0/s1. The first-order valence-corrected chi connectivity index (χ1v) is 9.51. The number of nitrogens with zero attached hydrogens (tertiary/aromatic N) is 4. The van der Waals surface area contributed by atoms with Gasteiger partial charge in [-0.2, -0.15) is 0 Å². The molecule has 24 heavy (non-hydrogen) atoms. The largest absolute Gasteiger partial charge is 0.352 e. The number of aryl methyl sites for hydroxylation is 1. The van der Waals surface area contributed by atoms with Crippen LogP contribution in [0.25, 0.3) is 0 Å². The highest BCUT2D eigenvalue weighted by Gasteiger charge is 2.31. The van der Waals surface area contributed by atoms with Crippen LogP contribution in [0.15, 0.2) is 17.9 Å². The Hall–Kier alpha value is -1.73. The molecule has 0 aromatic carbocycles. The Balaban J connectivity index is 1.49. The predicted molar refractivity (Wildman–Crippen MR) is 92.6 cm³/mol. The fraction of sp³-hybridized carbons (Fsp3) is 0.588. The van der Waals surface area contributed by atoms with Crippen LogP contribution in [0.4, 0.5) is 0 Å². The lowest BCUT2D eigenvalue weighted by Crippen LogP contribution is -2.46. The van der Waals surface area contributed by atoms with E-state index in [1.807, 2.05) is 17.7 Å². The highest BCUT2D eigenvalue weighted by atomic mass is 32.1. The van der Waals surface area contributed by atoms with Crippen molar-refractivity contribution < 1.29 is 4.79 Å². The number of carbonyl (C=O) groups is 1. The SMILES string of the molecule is Cc1nc(CN2Cc3cncn3[C@H](C(=O)NC3CCCC3)C2)cs1. The quantitative estimate of drug-likeness (QED) is 0.923. The Morgan fingerprint density at radius 2 is 2.25 bits per heavy atom. The average molecular weight is 345 g/mol. The maximum absolute atomic E-state index is 12.8. The van der Waals surface area contributed by atoms with Gasteiger partial charge in [-0.3, -0.25) is 9.69 Å². The molecule has 6 nitrogen and oxygen atoms in total. The molecule has 1 aliphatic carbocycles. The van der Waals surface area contributed by atoms with Crippen LogP contribution in [-0.2, 0) is 17.9 Å². The van der Waals surface area contributed by atoms with Crippen LogP contribution in [-0.4, -0.2) is 37.9 Å². The van der Waals surface area contributed by atoms with Crippen molar-refractivity contribution in [2.24, 2.45) is 0 Å². The third-order valence-corrected chi connectivity index (χ3v) is 5.78. The minimum absolute atomic E-state index is 0.125. The lowest BCUT2D eigenvalue weighted by molar-refractivity contribution is -0.126. The third kappa shape index (κ3) is 3.23. The monoisotopic (exact) mass is 345 g/mol. The van der Waals surface area contributed by atoms with Crippen LogP contribution in [0.3, 0.4) is 0 Å². The van der Waals surface area contributed by atoms with Gasteiger partial charge < -0.3 is 9.88 Å². The van der Waals surface area contributed by atoms with E-state index < -0.39 is 0 Å². The van der Waals surface area contributed by atoms with E-state index in [0.717, 1.165) is 42.3 Å². The van der Waals surface area contributed by atoms with Crippen LogP contribution >= 0.6 is 11.3 Å². The maximum atomic E-state index is 12.8. The highest BCUT2D eigenvalue weighted by molar-refractivity contribution is 7.09. The van der Waals surface area contributed by atoms with Gasteiger partial charge in [-0.25, -0.2) is 9.97 Å². The summed E-state index contributed by atoms with van der Waals surface area (Å²) in [4.78, 5) is 23.9. The molecular formula is C17H23N5OS. The van der Waals surface area contributed by atoms with Gasteiger partial charge >= 0.3 is 0 Å². The summed E-state index contributed by atoms with van der Waals surface area (Å²) in [6.07, 6.45) is 8.32. The van der Waals surface area contributed by atoms with Gasteiger partial charge in [-0.1, -0.05) is 12.8 Å². The Morgan fingerprint density at radius 1 is 1.42 bits per heavy atom. The second kappa shape index (κ2) is 6.64. The zero-order valence-electron chi connectivity index (χ0n) is 13.9. The summed E-state index contributed by atoms with van der Waals surface area (Å²) in [5.41, 5.74) is 2.18. The van der Waals surface area contributed by atoms with Crippen molar-refractivity contribution in [3.8, 4) is 0 Å². The van der Waals surface area contributed by atoms with E-state index in [4.69, 9.17) is 0 Å². The Kier molecular flexibility index (Phi) is 4.37. The molecule has 1 saturated carbocycles. The van der Waals surface area contributed by atoms with Gasteiger partial charge in [0.1, 0.15) is 6.04 Å². The number of carbonyl (C=O) groups excluding carboxylic acids is 1. The second-order valence-corrected chi connectivity index (χ2v) is 7.89. The summed E-state index contributed by atoms with van der Waals surface area (Å²) < 4.78 is 2.03. The first-order valence-electron chi connectivity index (χ1n) is 8.63.